The van der Waals surface area contributed by atoms with E-state index in [0.717, 1.165) is 35.1 Å². The average molecular weight is 661 g/mol. The molecule has 5 aromatic rings. The maximum Gasteiger partial charge on any atom is 0.320 e. The van der Waals surface area contributed by atoms with E-state index in [1.54, 1.807) is 28.3 Å². The molecule has 7 rings (SSSR count). The van der Waals surface area contributed by atoms with Gasteiger partial charge in [-0.3, -0.25) is 9.67 Å². The van der Waals surface area contributed by atoms with E-state index in [-0.39, 0.29) is 12.1 Å². The number of fused-ring (bicyclic) bond motifs is 2. The van der Waals surface area contributed by atoms with Crippen molar-refractivity contribution in [2.24, 2.45) is 0 Å². The molecule has 240 valence electrons. The highest BCUT2D eigenvalue weighted by atomic mass is 35.5. The van der Waals surface area contributed by atoms with Gasteiger partial charge >= 0.3 is 6.03 Å². The van der Waals surface area contributed by atoms with Crippen molar-refractivity contribution in [3.8, 4) is 22.8 Å². The number of rotatable bonds is 9. The van der Waals surface area contributed by atoms with E-state index in [0.29, 0.717) is 66.2 Å². The predicted octanol–water partition coefficient (Wildman–Crippen LogP) is 5.56. The predicted molar refractivity (Wildman–Crippen MR) is 178 cm³/mol. The van der Waals surface area contributed by atoms with Crippen LogP contribution >= 0.6 is 11.6 Å². The van der Waals surface area contributed by atoms with E-state index >= 15 is 0 Å². The Morgan fingerprint density at radius 1 is 1.04 bits per heavy atom. The lowest BCUT2D eigenvalue weighted by Crippen LogP contribution is -2.62. The van der Waals surface area contributed by atoms with Gasteiger partial charge in [0.05, 0.1) is 59.9 Å². The molecule has 14 heteroatoms. The van der Waals surface area contributed by atoms with Crippen LogP contribution in [0.1, 0.15) is 11.9 Å². The number of aryl methyl sites for hydroxylation is 1. The van der Waals surface area contributed by atoms with Crippen LogP contribution in [0.15, 0.2) is 48.9 Å². The highest BCUT2D eigenvalue weighted by Crippen LogP contribution is 2.36. The molecule has 12 nitrogen and oxygen atoms in total. The number of amides is 2. The number of halogens is 1. The van der Waals surface area contributed by atoms with Crippen LogP contribution in [0.25, 0.3) is 33.3 Å². The van der Waals surface area contributed by atoms with Gasteiger partial charge in [-0.2, -0.15) is 5.10 Å². The third-order valence-corrected chi connectivity index (χ3v) is 10.6. The Labute approximate surface area is 272 Å². The van der Waals surface area contributed by atoms with Crippen LogP contribution in [0.2, 0.25) is 30.7 Å². The smallest absolute Gasteiger partial charge is 0.320 e. The minimum absolute atomic E-state index is 0.0375. The van der Waals surface area contributed by atoms with Gasteiger partial charge in [0, 0.05) is 45.6 Å². The molecule has 0 saturated carbocycles. The third-order valence-electron chi connectivity index (χ3n) is 8.51. The van der Waals surface area contributed by atoms with Gasteiger partial charge in [-0.15, -0.1) is 0 Å². The summed E-state index contributed by atoms with van der Waals surface area (Å²) in [6, 6.07) is 10.6. The fraction of sp³-hybridized carbons (Fsp3) is 0.406. The molecule has 2 saturated heterocycles. The lowest BCUT2D eigenvalue weighted by Gasteiger charge is -2.45. The van der Waals surface area contributed by atoms with Crippen molar-refractivity contribution in [3.63, 3.8) is 0 Å². The first-order chi connectivity index (χ1) is 22.0. The molecule has 2 amide bonds. The van der Waals surface area contributed by atoms with Crippen LogP contribution in [-0.2, 0) is 11.5 Å². The minimum Gasteiger partial charge on any atom is -0.456 e. The van der Waals surface area contributed by atoms with Crippen LogP contribution in [0, 0.1) is 6.92 Å². The molecule has 2 aliphatic rings. The number of β-amino-alcohol motifs (C(OH)–C–C–N with tert-alkyl or cyclic N) is 1. The first-order valence-corrected chi connectivity index (χ1v) is 19.5. The standard InChI is InChI=1S/C32H37ClN8O4Si/c1-20-36-25-6-5-24(11-28(25)40(20)19-44-9-10-46(2,3)4)45-29-8-7-26-31(30(29)33)37-27(13-34-26)21-12-35-41(14-21)22-15-38(16-22)32(43)39-17-23(42)18-39/h5-8,11-14,22-23,42H,9-10,15-19H2,1-4H3. The van der Waals surface area contributed by atoms with E-state index < -0.39 is 14.2 Å². The summed E-state index contributed by atoms with van der Waals surface area (Å²) in [5.41, 5.74) is 4.41. The van der Waals surface area contributed by atoms with Crippen molar-refractivity contribution >= 4 is 47.8 Å². The lowest BCUT2D eigenvalue weighted by atomic mass is 10.1. The highest BCUT2D eigenvalue weighted by Gasteiger charge is 2.38. The number of hydrogen-bond donors (Lipinski definition) is 1. The van der Waals surface area contributed by atoms with Crippen molar-refractivity contribution in [1.82, 2.24) is 39.1 Å². The Bertz CT molecular complexity index is 1930. The maximum absolute atomic E-state index is 12.5. The second-order valence-electron chi connectivity index (χ2n) is 13.3. The molecule has 3 aromatic heterocycles. The quantitative estimate of drug-likeness (QED) is 0.161. The molecule has 2 aliphatic heterocycles. The zero-order valence-electron chi connectivity index (χ0n) is 26.4. The maximum atomic E-state index is 12.5. The summed E-state index contributed by atoms with van der Waals surface area (Å²) < 4.78 is 16.2. The number of carbonyl (C=O) groups excluding carboxylic acids is 1. The summed E-state index contributed by atoms with van der Waals surface area (Å²) in [6.45, 7) is 12.1. The van der Waals surface area contributed by atoms with E-state index in [9.17, 15) is 9.90 Å². The Morgan fingerprint density at radius 3 is 2.57 bits per heavy atom. The number of aliphatic hydroxyl groups is 1. The van der Waals surface area contributed by atoms with Crippen LogP contribution < -0.4 is 4.74 Å². The summed E-state index contributed by atoms with van der Waals surface area (Å²) >= 11 is 6.87. The van der Waals surface area contributed by atoms with Crippen molar-refractivity contribution < 1.29 is 19.4 Å². The van der Waals surface area contributed by atoms with Crippen molar-refractivity contribution in [1.29, 1.82) is 0 Å². The van der Waals surface area contributed by atoms with Gasteiger partial charge in [-0.05, 0) is 37.2 Å². The Morgan fingerprint density at radius 2 is 1.80 bits per heavy atom. The SMILES string of the molecule is Cc1nc2ccc(Oc3ccc4ncc(-c5cnn(C6CN(C(=O)N7CC(O)C7)C6)c5)nc4c3Cl)cc2n1COCC[Si](C)(C)C. The van der Waals surface area contributed by atoms with E-state index in [1.165, 1.54) is 0 Å². The summed E-state index contributed by atoms with van der Waals surface area (Å²) in [6.07, 6.45) is 4.96. The second-order valence-corrected chi connectivity index (χ2v) is 19.3. The molecule has 0 aliphatic carbocycles. The minimum atomic E-state index is -1.18. The number of carbonyl (C=O) groups is 1. The topological polar surface area (TPSA) is 124 Å². The number of hydrogen-bond acceptors (Lipinski definition) is 8. The number of imidazole rings is 1. The number of urea groups is 1. The number of aromatic nitrogens is 6. The number of benzene rings is 2. The first-order valence-electron chi connectivity index (χ1n) is 15.5. The van der Waals surface area contributed by atoms with Crippen molar-refractivity contribution in [3.05, 3.63) is 59.8 Å². The Balaban J connectivity index is 1.06. The summed E-state index contributed by atoms with van der Waals surface area (Å²) in [7, 11) is -1.18. The highest BCUT2D eigenvalue weighted by molar-refractivity contribution is 6.76. The van der Waals surface area contributed by atoms with Gasteiger partial charge in [0.25, 0.3) is 0 Å². The summed E-state index contributed by atoms with van der Waals surface area (Å²) in [5.74, 6) is 1.98. The molecule has 46 heavy (non-hydrogen) atoms. The van der Waals surface area contributed by atoms with Gasteiger partial charge in [0.15, 0.2) is 0 Å². The van der Waals surface area contributed by atoms with Crippen LogP contribution in [0.4, 0.5) is 4.79 Å². The van der Waals surface area contributed by atoms with Crippen molar-refractivity contribution in [2.45, 2.75) is 51.5 Å². The molecule has 2 fully saturated rings. The zero-order chi connectivity index (χ0) is 32.2. The molecule has 0 radical (unpaired) electrons. The molecule has 1 N–H and O–H groups in total. The van der Waals surface area contributed by atoms with Gasteiger partial charge in [-0.1, -0.05) is 31.2 Å². The normalized spacial score (nSPS) is 15.9. The van der Waals surface area contributed by atoms with E-state index in [4.69, 9.17) is 31.0 Å². The number of aliphatic hydroxyl groups excluding tert-OH is 1. The van der Waals surface area contributed by atoms with Crippen LogP contribution in [0.5, 0.6) is 11.5 Å². The first kappa shape index (κ1) is 30.6. The summed E-state index contributed by atoms with van der Waals surface area (Å²) in [5, 5.41) is 14.4. The van der Waals surface area contributed by atoms with Gasteiger partial charge in [0.2, 0.25) is 0 Å². The molecule has 5 heterocycles. The van der Waals surface area contributed by atoms with Crippen LogP contribution in [-0.4, -0.2) is 97.2 Å². The van der Waals surface area contributed by atoms with E-state index in [1.807, 2.05) is 42.1 Å². The lowest BCUT2D eigenvalue weighted by molar-refractivity contribution is 0.00194. The largest absolute Gasteiger partial charge is 0.456 e. The van der Waals surface area contributed by atoms with Gasteiger partial charge in [-0.25, -0.2) is 14.8 Å². The third kappa shape index (κ3) is 6.07. The van der Waals surface area contributed by atoms with Crippen molar-refractivity contribution in [2.75, 3.05) is 32.8 Å². The molecule has 0 bridgehead atoms. The molecular weight excluding hydrogens is 624 g/mol. The van der Waals surface area contributed by atoms with Gasteiger partial charge < -0.3 is 28.9 Å². The number of nitrogens with zero attached hydrogens (tertiary/aromatic N) is 8. The molecular formula is C32H37ClN8O4Si. The Kier molecular flexibility index (Phi) is 7.95. The van der Waals surface area contributed by atoms with Crippen LogP contribution in [0.3, 0.4) is 0 Å². The fourth-order valence-electron chi connectivity index (χ4n) is 5.62. The fourth-order valence-corrected chi connectivity index (χ4v) is 6.61. The Hall–Kier alpha value is -4.04. The molecule has 0 spiro atoms. The average Bonchev–Trinajstić information content (AvgIpc) is 3.58. The zero-order valence-corrected chi connectivity index (χ0v) is 28.1. The summed E-state index contributed by atoms with van der Waals surface area (Å²) in [4.78, 5) is 30.0. The van der Waals surface area contributed by atoms with Gasteiger partial charge in [0.1, 0.15) is 34.6 Å². The molecule has 0 atom stereocenters. The monoisotopic (exact) mass is 660 g/mol. The number of ether oxygens (including phenoxy) is 2. The molecule has 0 unspecified atom stereocenters. The molecule has 2 aromatic carbocycles. The number of likely N-dealkylation sites (tertiary alicyclic amines) is 2. The van der Waals surface area contributed by atoms with E-state index in [2.05, 4.69) is 34.3 Å². The second kappa shape index (κ2) is 12.0.